The van der Waals surface area contributed by atoms with Crippen molar-refractivity contribution in [3.63, 3.8) is 0 Å². The van der Waals surface area contributed by atoms with Gasteiger partial charge in [-0.1, -0.05) is 30.3 Å². The maximum absolute atomic E-state index is 12.1. The SMILES string of the molecule is N#Cc1ccc(NC(=O)COC(=O)c2ccc(OCc3ccccc3)cc2)cc1. The number of carbonyl (C=O) groups excluding carboxylic acids is 2. The summed E-state index contributed by atoms with van der Waals surface area (Å²) in [6, 6.07) is 24.7. The number of anilines is 1. The van der Waals surface area contributed by atoms with E-state index in [1.54, 1.807) is 48.5 Å². The zero-order chi connectivity index (χ0) is 20.5. The first kappa shape index (κ1) is 19.6. The van der Waals surface area contributed by atoms with Crippen LogP contribution in [0, 0.1) is 11.3 Å². The summed E-state index contributed by atoms with van der Waals surface area (Å²) in [5.74, 6) is -0.440. The highest BCUT2D eigenvalue weighted by Gasteiger charge is 2.11. The molecule has 0 atom stereocenters. The molecule has 0 spiro atoms. The Morgan fingerprint density at radius 3 is 2.24 bits per heavy atom. The molecule has 0 fully saturated rings. The van der Waals surface area contributed by atoms with Crippen molar-refractivity contribution in [2.75, 3.05) is 11.9 Å². The zero-order valence-corrected chi connectivity index (χ0v) is 15.5. The minimum Gasteiger partial charge on any atom is -0.489 e. The molecular formula is C23H18N2O4. The summed E-state index contributed by atoms with van der Waals surface area (Å²) in [5.41, 5.74) is 2.38. The first-order valence-corrected chi connectivity index (χ1v) is 8.88. The van der Waals surface area contributed by atoms with Gasteiger partial charge >= 0.3 is 5.97 Å². The van der Waals surface area contributed by atoms with Crippen molar-refractivity contribution in [3.05, 3.63) is 95.6 Å². The summed E-state index contributed by atoms with van der Waals surface area (Å²) >= 11 is 0. The molecule has 0 radical (unpaired) electrons. The van der Waals surface area contributed by atoms with E-state index in [0.29, 0.717) is 29.2 Å². The molecule has 29 heavy (non-hydrogen) atoms. The number of hydrogen-bond acceptors (Lipinski definition) is 5. The fourth-order valence-corrected chi connectivity index (χ4v) is 2.47. The van der Waals surface area contributed by atoms with Gasteiger partial charge in [-0.3, -0.25) is 4.79 Å². The molecule has 3 rings (SSSR count). The minimum atomic E-state index is -0.602. The van der Waals surface area contributed by atoms with Crippen LogP contribution >= 0.6 is 0 Å². The summed E-state index contributed by atoms with van der Waals surface area (Å²) in [6.45, 7) is 0.0191. The molecule has 0 bridgehead atoms. The largest absolute Gasteiger partial charge is 0.489 e. The highest BCUT2D eigenvalue weighted by Crippen LogP contribution is 2.15. The smallest absolute Gasteiger partial charge is 0.338 e. The van der Waals surface area contributed by atoms with Crippen molar-refractivity contribution in [1.82, 2.24) is 0 Å². The van der Waals surface area contributed by atoms with Gasteiger partial charge in [-0.05, 0) is 54.1 Å². The number of amides is 1. The van der Waals surface area contributed by atoms with E-state index < -0.39 is 18.5 Å². The highest BCUT2D eigenvalue weighted by molar-refractivity contribution is 5.95. The van der Waals surface area contributed by atoms with E-state index in [4.69, 9.17) is 14.7 Å². The molecule has 0 saturated heterocycles. The van der Waals surface area contributed by atoms with Gasteiger partial charge in [-0.25, -0.2) is 4.79 Å². The average molecular weight is 386 g/mol. The molecule has 6 nitrogen and oxygen atoms in total. The van der Waals surface area contributed by atoms with Crippen molar-refractivity contribution in [2.24, 2.45) is 0 Å². The van der Waals surface area contributed by atoms with Crippen molar-refractivity contribution >= 4 is 17.6 Å². The third-order valence-corrected chi connectivity index (χ3v) is 3.97. The van der Waals surface area contributed by atoms with Crippen LogP contribution in [-0.4, -0.2) is 18.5 Å². The quantitative estimate of drug-likeness (QED) is 0.622. The van der Waals surface area contributed by atoms with Crippen molar-refractivity contribution < 1.29 is 19.1 Å². The first-order chi connectivity index (χ1) is 14.1. The van der Waals surface area contributed by atoms with Gasteiger partial charge in [0.05, 0.1) is 17.2 Å². The van der Waals surface area contributed by atoms with Crippen LogP contribution in [0.5, 0.6) is 5.75 Å². The maximum Gasteiger partial charge on any atom is 0.338 e. The van der Waals surface area contributed by atoms with E-state index in [0.717, 1.165) is 5.56 Å². The molecule has 3 aromatic carbocycles. The fraction of sp³-hybridized carbons (Fsp3) is 0.0870. The second-order valence-electron chi connectivity index (χ2n) is 6.11. The lowest BCUT2D eigenvalue weighted by atomic mass is 10.2. The van der Waals surface area contributed by atoms with Gasteiger partial charge in [0.1, 0.15) is 12.4 Å². The molecule has 0 aromatic heterocycles. The third kappa shape index (κ3) is 5.94. The Bertz CT molecular complexity index is 1010. The van der Waals surface area contributed by atoms with Gasteiger partial charge in [0.2, 0.25) is 0 Å². The van der Waals surface area contributed by atoms with Crippen LogP contribution in [0.2, 0.25) is 0 Å². The lowest BCUT2D eigenvalue weighted by molar-refractivity contribution is -0.119. The maximum atomic E-state index is 12.1. The Kier molecular flexibility index (Phi) is 6.58. The standard InChI is InChI=1S/C23H18N2O4/c24-14-17-6-10-20(11-7-17)25-22(26)16-29-23(27)19-8-12-21(13-9-19)28-15-18-4-2-1-3-5-18/h1-13H,15-16H2,(H,25,26). The molecule has 0 aliphatic carbocycles. The summed E-state index contributed by atoms with van der Waals surface area (Å²) in [4.78, 5) is 24.0. The van der Waals surface area contributed by atoms with E-state index in [1.165, 1.54) is 0 Å². The second-order valence-corrected chi connectivity index (χ2v) is 6.11. The van der Waals surface area contributed by atoms with Crippen LogP contribution in [0.15, 0.2) is 78.9 Å². The van der Waals surface area contributed by atoms with E-state index in [9.17, 15) is 9.59 Å². The summed E-state index contributed by atoms with van der Waals surface area (Å²) in [7, 11) is 0. The molecule has 1 N–H and O–H groups in total. The molecule has 6 heteroatoms. The lowest BCUT2D eigenvalue weighted by Crippen LogP contribution is -2.20. The summed E-state index contributed by atoms with van der Waals surface area (Å²) in [5, 5.41) is 11.4. The number of rotatable bonds is 7. The van der Waals surface area contributed by atoms with E-state index in [-0.39, 0.29) is 0 Å². The molecule has 0 aliphatic heterocycles. The van der Waals surface area contributed by atoms with E-state index >= 15 is 0 Å². The van der Waals surface area contributed by atoms with E-state index in [2.05, 4.69) is 5.32 Å². The van der Waals surface area contributed by atoms with Crippen LogP contribution < -0.4 is 10.1 Å². The Morgan fingerprint density at radius 2 is 1.59 bits per heavy atom. The number of benzene rings is 3. The van der Waals surface area contributed by atoms with Crippen LogP contribution in [0.25, 0.3) is 0 Å². The number of nitrogens with one attached hydrogen (secondary N) is 1. The Hall–Kier alpha value is -4.11. The minimum absolute atomic E-state index is 0.322. The lowest BCUT2D eigenvalue weighted by Gasteiger charge is -2.08. The Labute approximate surface area is 168 Å². The normalized spacial score (nSPS) is 9.90. The second kappa shape index (κ2) is 9.72. The van der Waals surface area contributed by atoms with Crippen LogP contribution in [0.3, 0.4) is 0 Å². The topological polar surface area (TPSA) is 88.4 Å². The molecule has 1 amide bonds. The van der Waals surface area contributed by atoms with Crippen molar-refractivity contribution in [2.45, 2.75) is 6.61 Å². The van der Waals surface area contributed by atoms with Gasteiger partial charge in [0, 0.05) is 5.69 Å². The third-order valence-electron chi connectivity index (χ3n) is 3.97. The predicted octanol–water partition coefficient (Wildman–Crippen LogP) is 3.93. The Morgan fingerprint density at radius 1 is 0.897 bits per heavy atom. The van der Waals surface area contributed by atoms with Crippen LogP contribution in [-0.2, 0) is 16.1 Å². The van der Waals surface area contributed by atoms with Gasteiger partial charge in [-0.2, -0.15) is 5.26 Å². The number of ether oxygens (including phenoxy) is 2. The number of nitriles is 1. The number of nitrogens with zero attached hydrogens (tertiary/aromatic N) is 1. The molecule has 0 heterocycles. The highest BCUT2D eigenvalue weighted by atomic mass is 16.5. The average Bonchev–Trinajstić information content (AvgIpc) is 2.77. The van der Waals surface area contributed by atoms with Gasteiger partial charge < -0.3 is 14.8 Å². The Balaban J connectivity index is 1.46. The van der Waals surface area contributed by atoms with Gasteiger partial charge in [0.25, 0.3) is 5.91 Å². The fourth-order valence-electron chi connectivity index (χ4n) is 2.47. The van der Waals surface area contributed by atoms with Crippen molar-refractivity contribution in [1.29, 1.82) is 5.26 Å². The zero-order valence-electron chi connectivity index (χ0n) is 15.5. The molecule has 0 aliphatic rings. The molecular weight excluding hydrogens is 368 g/mol. The predicted molar refractivity (Wildman–Crippen MR) is 107 cm³/mol. The van der Waals surface area contributed by atoms with Crippen LogP contribution in [0.4, 0.5) is 5.69 Å². The summed E-state index contributed by atoms with van der Waals surface area (Å²) in [6.07, 6.45) is 0. The number of hydrogen-bond donors (Lipinski definition) is 1. The van der Waals surface area contributed by atoms with Gasteiger partial charge in [0.15, 0.2) is 6.61 Å². The van der Waals surface area contributed by atoms with E-state index in [1.807, 2.05) is 36.4 Å². The summed E-state index contributed by atoms with van der Waals surface area (Å²) < 4.78 is 10.7. The molecule has 144 valence electrons. The number of esters is 1. The van der Waals surface area contributed by atoms with Crippen molar-refractivity contribution in [3.8, 4) is 11.8 Å². The van der Waals surface area contributed by atoms with Gasteiger partial charge in [-0.15, -0.1) is 0 Å². The first-order valence-electron chi connectivity index (χ1n) is 8.88. The molecule has 0 unspecified atom stereocenters. The monoisotopic (exact) mass is 386 g/mol. The molecule has 0 saturated carbocycles. The molecule has 3 aromatic rings. The van der Waals surface area contributed by atoms with Crippen LogP contribution in [0.1, 0.15) is 21.5 Å². The number of carbonyl (C=O) groups is 2.